The lowest BCUT2D eigenvalue weighted by molar-refractivity contribution is -0.140. The Kier molecular flexibility index (Phi) is 6.12. The van der Waals surface area contributed by atoms with E-state index in [1.165, 1.54) is 0 Å². The van der Waals surface area contributed by atoms with Crippen molar-refractivity contribution in [1.29, 1.82) is 0 Å². The van der Waals surface area contributed by atoms with Crippen LogP contribution >= 0.6 is 0 Å². The Balaban J connectivity index is 2.62. The van der Waals surface area contributed by atoms with E-state index in [0.29, 0.717) is 17.9 Å². The van der Waals surface area contributed by atoms with Crippen molar-refractivity contribution in [2.75, 3.05) is 19.6 Å². The highest BCUT2D eigenvalue weighted by Gasteiger charge is 2.34. The first-order valence-corrected chi connectivity index (χ1v) is 7.28. The van der Waals surface area contributed by atoms with Crippen LogP contribution in [0.2, 0.25) is 0 Å². The van der Waals surface area contributed by atoms with E-state index >= 15 is 0 Å². The molecule has 0 bridgehead atoms. The van der Waals surface area contributed by atoms with Crippen LogP contribution in [-0.2, 0) is 0 Å². The molecule has 2 nitrogen and oxygen atoms in total. The molecule has 0 aromatic heterocycles. The van der Waals surface area contributed by atoms with Gasteiger partial charge in [0.15, 0.2) is 0 Å². The van der Waals surface area contributed by atoms with Crippen molar-refractivity contribution in [3.8, 4) is 0 Å². The van der Waals surface area contributed by atoms with Crippen LogP contribution in [0.1, 0.15) is 40.5 Å². The molecular formula is C14H27F3N2. The Morgan fingerprint density at radius 1 is 1.26 bits per heavy atom. The van der Waals surface area contributed by atoms with Gasteiger partial charge in [-0.15, -0.1) is 0 Å². The van der Waals surface area contributed by atoms with E-state index in [1.807, 2.05) is 4.90 Å². The lowest BCUT2D eigenvalue weighted by Gasteiger charge is -2.44. The second-order valence-electron chi connectivity index (χ2n) is 6.07. The van der Waals surface area contributed by atoms with Crippen molar-refractivity contribution in [2.45, 2.75) is 58.8 Å². The fourth-order valence-electron chi connectivity index (χ4n) is 2.70. The Labute approximate surface area is 114 Å². The monoisotopic (exact) mass is 280 g/mol. The van der Waals surface area contributed by atoms with Gasteiger partial charge in [0.2, 0.25) is 0 Å². The third kappa shape index (κ3) is 5.30. The quantitative estimate of drug-likeness (QED) is 0.831. The molecule has 1 aliphatic heterocycles. The molecule has 1 N–H and O–H groups in total. The molecule has 0 saturated carbocycles. The van der Waals surface area contributed by atoms with Crippen molar-refractivity contribution >= 4 is 0 Å². The van der Waals surface area contributed by atoms with E-state index in [9.17, 15) is 13.2 Å². The summed E-state index contributed by atoms with van der Waals surface area (Å²) in [6.45, 7) is 10.1. The van der Waals surface area contributed by atoms with Crippen LogP contribution in [0.3, 0.4) is 0 Å². The molecule has 1 aliphatic rings. The van der Waals surface area contributed by atoms with Crippen molar-refractivity contribution in [3.63, 3.8) is 0 Å². The van der Waals surface area contributed by atoms with Gasteiger partial charge >= 0.3 is 6.18 Å². The van der Waals surface area contributed by atoms with E-state index in [1.54, 1.807) is 0 Å². The molecule has 114 valence electrons. The average molecular weight is 280 g/mol. The number of nitrogens with one attached hydrogen (secondary N) is 1. The maximum absolute atomic E-state index is 12.4. The van der Waals surface area contributed by atoms with Gasteiger partial charge < -0.3 is 5.32 Å². The molecule has 0 aliphatic carbocycles. The number of rotatable bonds is 5. The lowest BCUT2D eigenvalue weighted by Crippen LogP contribution is -2.60. The van der Waals surface area contributed by atoms with E-state index in [2.05, 4.69) is 33.0 Å². The second-order valence-corrected chi connectivity index (χ2v) is 6.07. The SMILES string of the molecule is CCC(C)C1CN(CCC(F)(F)F)C(C(C)C)CN1. The van der Waals surface area contributed by atoms with Crippen LogP contribution in [0, 0.1) is 11.8 Å². The average Bonchev–Trinajstić information content (AvgIpc) is 2.34. The van der Waals surface area contributed by atoms with E-state index < -0.39 is 12.6 Å². The molecule has 0 amide bonds. The second kappa shape index (κ2) is 6.93. The predicted octanol–water partition coefficient (Wildman–Crippen LogP) is 3.28. The number of nitrogens with zero attached hydrogens (tertiary/aromatic N) is 1. The highest BCUT2D eigenvalue weighted by Crippen LogP contribution is 2.24. The minimum absolute atomic E-state index is 0.126. The molecule has 1 saturated heterocycles. The summed E-state index contributed by atoms with van der Waals surface area (Å²) in [5.41, 5.74) is 0. The van der Waals surface area contributed by atoms with Crippen LogP contribution in [0.4, 0.5) is 13.2 Å². The first-order chi connectivity index (χ1) is 8.74. The fourth-order valence-corrected chi connectivity index (χ4v) is 2.70. The zero-order chi connectivity index (χ0) is 14.6. The first-order valence-electron chi connectivity index (χ1n) is 7.28. The Hall–Kier alpha value is -0.290. The predicted molar refractivity (Wildman–Crippen MR) is 72.1 cm³/mol. The molecular weight excluding hydrogens is 253 g/mol. The standard InChI is InChI=1S/C14H27F3N2/c1-5-11(4)12-9-19(7-6-14(15,16)17)13(8-18-12)10(2)3/h10-13,18H,5-9H2,1-4H3. The van der Waals surface area contributed by atoms with Crippen LogP contribution in [0.5, 0.6) is 0 Å². The number of hydrogen-bond donors (Lipinski definition) is 1. The van der Waals surface area contributed by atoms with Gasteiger partial charge in [0, 0.05) is 31.7 Å². The van der Waals surface area contributed by atoms with E-state index in [-0.39, 0.29) is 12.6 Å². The van der Waals surface area contributed by atoms with Gasteiger partial charge in [0.05, 0.1) is 6.42 Å². The molecule has 0 aromatic rings. The zero-order valence-electron chi connectivity index (χ0n) is 12.4. The maximum atomic E-state index is 12.4. The van der Waals surface area contributed by atoms with E-state index in [0.717, 1.165) is 19.5 Å². The van der Waals surface area contributed by atoms with Crippen molar-refractivity contribution in [3.05, 3.63) is 0 Å². The molecule has 3 atom stereocenters. The summed E-state index contributed by atoms with van der Waals surface area (Å²) in [7, 11) is 0. The summed E-state index contributed by atoms with van der Waals surface area (Å²) >= 11 is 0. The Morgan fingerprint density at radius 2 is 1.89 bits per heavy atom. The Morgan fingerprint density at radius 3 is 2.37 bits per heavy atom. The minimum Gasteiger partial charge on any atom is -0.311 e. The van der Waals surface area contributed by atoms with Crippen molar-refractivity contribution in [2.24, 2.45) is 11.8 Å². The minimum atomic E-state index is -4.06. The Bertz CT molecular complexity index is 266. The van der Waals surface area contributed by atoms with Gasteiger partial charge in [-0.05, 0) is 11.8 Å². The van der Waals surface area contributed by atoms with Gasteiger partial charge in [-0.3, -0.25) is 4.90 Å². The molecule has 1 rings (SSSR count). The van der Waals surface area contributed by atoms with Crippen molar-refractivity contribution in [1.82, 2.24) is 10.2 Å². The van der Waals surface area contributed by atoms with Crippen LogP contribution < -0.4 is 5.32 Å². The molecule has 0 aromatic carbocycles. The highest BCUT2D eigenvalue weighted by atomic mass is 19.4. The summed E-state index contributed by atoms with van der Waals surface area (Å²) in [6.07, 6.45) is -3.71. The number of piperazine rings is 1. The largest absolute Gasteiger partial charge is 0.390 e. The van der Waals surface area contributed by atoms with Gasteiger partial charge in [-0.1, -0.05) is 34.1 Å². The summed E-state index contributed by atoms with van der Waals surface area (Å²) in [4.78, 5) is 2.03. The molecule has 1 fully saturated rings. The third-order valence-corrected chi connectivity index (χ3v) is 4.27. The molecule has 1 heterocycles. The summed E-state index contributed by atoms with van der Waals surface area (Å²) < 4.78 is 37.3. The summed E-state index contributed by atoms with van der Waals surface area (Å²) in [5, 5.41) is 3.51. The maximum Gasteiger partial charge on any atom is 0.390 e. The smallest absolute Gasteiger partial charge is 0.311 e. The summed E-state index contributed by atoms with van der Waals surface area (Å²) in [6, 6.07) is 0.524. The van der Waals surface area contributed by atoms with Crippen LogP contribution in [-0.4, -0.2) is 42.8 Å². The van der Waals surface area contributed by atoms with E-state index in [4.69, 9.17) is 0 Å². The number of alkyl halides is 3. The molecule has 19 heavy (non-hydrogen) atoms. The van der Waals surface area contributed by atoms with Gasteiger partial charge in [0.25, 0.3) is 0 Å². The number of halogens is 3. The summed E-state index contributed by atoms with van der Waals surface area (Å²) in [5.74, 6) is 0.875. The topological polar surface area (TPSA) is 15.3 Å². The zero-order valence-corrected chi connectivity index (χ0v) is 12.4. The van der Waals surface area contributed by atoms with Gasteiger partial charge in [-0.25, -0.2) is 0 Å². The third-order valence-electron chi connectivity index (χ3n) is 4.27. The first kappa shape index (κ1) is 16.8. The molecule has 3 unspecified atom stereocenters. The molecule has 5 heteroatoms. The molecule has 0 radical (unpaired) electrons. The molecule has 0 spiro atoms. The number of hydrogen-bond acceptors (Lipinski definition) is 2. The van der Waals surface area contributed by atoms with Gasteiger partial charge in [0.1, 0.15) is 0 Å². The van der Waals surface area contributed by atoms with Gasteiger partial charge in [-0.2, -0.15) is 13.2 Å². The van der Waals surface area contributed by atoms with Crippen molar-refractivity contribution < 1.29 is 13.2 Å². The fraction of sp³-hybridized carbons (Fsp3) is 1.00. The van der Waals surface area contributed by atoms with Crippen LogP contribution in [0.25, 0.3) is 0 Å². The lowest BCUT2D eigenvalue weighted by atomic mass is 9.92. The highest BCUT2D eigenvalue weighted by molar-refractivity contribution is 4.89. The van der Waals surface area contributed by atoms with Crippen LogP contribution in [0.15, 0.2) is 0 Å². The normalized spacial score (nSPS) is 27.8.